The molecular weight excluding hydrogens is 276 g/mol. The standard InChI is InChI=1S/C18H32N2S/c1-4-16-7-5-10-18(14-19,11-9-16)20(3)15(2)13-17-8-6-12-21-17/h6,8,12,15-16H,4-5,7,9-11,13-14,19H2,1-3H3. The van der Waals surface area contributed by atoms with Crippen molar-refractivity contribution in [3.8, 4) is 0 Å². The third-order valence-electron chi connectivity index (χ3n) is 5.72. The molecule has 3 atom stereocenters. The van der Waals surface area contributed by atoms with Gasteiger partial charge in [0.15, 0.2) is 0 Å². The van der Waals surface area contributed by atoms with Crippen LogP contribution in [0.3, 0.4) is 0 Å². The van der Waals surface area contributed by atoms with Crippen LogP contribution in [0, 0.1) is 5.92 Å². The van der Waals surface area contributed by atoms with Crippen molar-refractivity contribution in [2.45, 2.75) is 70.4 Å². The van der Waals surface area contributed by atoms with E-state index in [4.69, 9.17) is 5.73 Å². The molecule has 2 rings (SSSR count). The lowest BCUT2D eigenvalue weighted by atomic mass is 9.86. The monoisotopic (exact) mass is 308 g/mol. The molecule has 120 valence electrons. The summed E-state index contributed by atoms with van der Waals surface area (Å²) in [4.78, 5) is 4.09. The normalized spacial score (nSPS) is 28.5. The van der Waals surface area contributed by atoms with Crippen molar-refractivity contribution in [2.75, 3.05) is 13.6 Å². The van der Waals surface area contributed by atoms with Crippen molar-refractivity contribution < 1.29 is 0 Å². The minimum atomic E-state index is 0.223. The van der Waals surface area contributed by atoms with Crippen molar-refractivity contribution in [2.24, 2.45) is 11.7 Å². The Morgan fingerprint density at radius 3 is 2.86 bits per heavy atom. The number of hydrogen-bond donors (Lipinski definition) is 1. The summed E-state index contributed by atoms with van der Waals surface area (Å²) in [7, 11) is 2.30. The maximum Gasteiger partial charge on any atom is 0.0331 e. The highest BCUT2D eigenvalue weighted by atomic mass is 32.1. The molecule has 0 aromatic carbocycles. The maximum absolute atomic E-state index is 6.27. The molecule has 1 saturated carbocycles. The van der Waals surface area contributed by atoms with Gasteiger partial charge in [-0.15, -0.1) is 11.3 Å². The van der Waals surface area contributed by atoms with Crippen LogP contribution in [0.15, 0.2) is 17.5 Å². The van der Waals surface area contributed by atoms with Crippen LogP contribution >= 0.6 is 11.3 Å². The second-order valence-corrected chi connectivity index (χ2v) is 7.91. The topological polar surface area (TPSA) is 29.3 Å². The molecule has 3 heteroatoms. The average Bonchev–Trinajstić information content (AvgIpc) is 2.91. The largest absolute Gasteiger partial charge is 0.329 e. The predicted molar refractivity (Wildman–Crippen MR) is 93.9 cm³/mol. The Morgan fingerprint density at radius 2 is 2.24 bits per heavy atom. The van der Waals surface area contributed by atoms with E-state index in [1.807, 2.05) is 11.3 Å². The van der Waals surface area contributed by atoms with Crippen molar-refractivity contribution in [3.05, 3.63) is 22.4 Å². The summed E-state index contributed by atoms with van der Waals surface area (Å²) >= 11 is 1.87. The third-order valence-corrected chi connectivity index (χ3v) is 6.61. The predicted octanol–water partition coefficient (Wildman–Crippen LogP) is 4.30. The van der Waals surface area contributed by atoms with E-state index in [2.05, 4.69) is 43.3 Å². The van der Waals surface area contributed by atoms with Gasteiger partial charge in [-0.2, -0.15) is 0 Å². The molecule has 1 aromatic heterocycles. The van der Waals surface area contributed by atoms with Gasteiger partial charge in [0.25, 0.3) is 0 Å². The second-order valence-electron chi connectivity index (χ2n) is 6.88. The molecule has 1 aliphatic carbocycles. The van der Waals surface area contributed by atoms with E-state index in [1.165, 1.54) is 43.4 Å². The number of nitrogens with two attached hydrogens (primary N) is 1. The van der Waals surface area contributed by atoms with Crippen LogP contribution in [0.25, 0.3) is 0 Å². The van der Waals surface area contributed by atoms with Crippen LogP contribution in [0.1, 0.15) is 57.2 Å². The molecule has 0 aliphatic heterocycles. The van der Waals surface area contributed by atoms with Gasteiger partial charge < -0.3 is 5.73 Å². The van der Waals surface area contributed by atoms with Gasteiger partial charge in [0.1, 0.15) is 0 Å². The van der Waals surface area contributed by atoms with Crippen molar-refractivity contribution in [1.82, 2.24) is 4.90 Å². The van der Waals surface area contributed by atoms with Gasteiger partial charge in [-0.1, -0.05) is 32.3 Å². The van der Waals surface area contributed by atoms with Crippen LogP contribution in [0.4, 0.5) is 0 Å². The maximum atomic E-state index is 6.27. The average molecular weight is 309 g/mol. The zero-order valence-corrected chi connectivity index (χ0v) is 14.8. The molecular formula is C18H32N2S. The summed E-state index contributed by atoms with van der Waals surface area (Å²) in [5, 5.41) is 2.18. The smallest absolute Gasteiger partial charge is 0.0331 e. The van der Waals surface area contributed by atoms with Crippen molar-refractivity contribution in [3.63, 3.8) is 0 Å². The number of nitrogens with zero attached hydrogens (tertiary/aromatic N) is 1. The quantitative estimate of drug-likeness (QED) is 0.794. The molecule has 1 heterocycles. The first-order valence-corrected chi connectivity index (χ1v) is 9.44. The van der Waals surface area contributed by atoms with Crippen LogP contribution in [-0.2, 0) is 6.42 Å². The summed E-state index contributed by atoms with van der Waals surface area (Å²) in [5.74, 6) is 0.916. The Bertz CT molecular complexity index is 403. The van der Waals surface area contributed by atoms with Crippen LogP contribution in [0.2, 0.25) is 0 Å². The first-order valence-electron chi connectivity index (χ1n) is 8.56. The molecule has 0 bridgehead atoms. The van der Waals surface area contributed by atoms with Gasteiger partial charge in [-0.05, 0) is 57.0 Å². The van der Waals surface area contributed by atoms with Crippen LogP contribution < -0.4 is 5.73 Å². The summed E-state index contributed by atoms with van der Waals surface area (Å²) in [6.07, 6.45) is 9.10. The molecule has 2 N–H and O–H groups in total. The van der Waals surface area contributed by atoms with E-state index in [-0.39, 0.29) is 5.54 Å². The lowest BCUT2D eigenvalue weighted by Gasteiger charge is -2.44. The fourth-order valence-corrected chi connectivity index (χ4v) is 4.72. The summed E-state index contributed by atoms with van der Waals surface area (Å²) in [5.41, 5.74) is 6.49. The van der Waals surface area contributed by atoms with E-state index in [0.717, 1.165) is 18.9 Å². The zero-order chi connectivity index (χ0) is 15.3. The molecule has 3 unspecified atom stereocenters. The molecule has 0 spiro atoms. The van der Waals surface area contributed by atoms with Crippen LogP contribution in [-0.4, -0.2) is 30.1 Å². The van der Waals surface area contributed by atoms with Gasteiger partial charge in [0, 0.05) is 23.0 Å². The highest BCUT2D eigenvalue weighted by molar-refractivity contribution is 7.09. The Balaban J connectivity index is 2.04. The van der Waals surface area contributed by atoms with Gasteiger partial charge in [0.05, 0.1) is 0 Å². The fourth-order valence-electron chi connectivity index (χ4n) is 3.90. The number of likely N-dealkylation sites (N-methyl/N-ethyl adjacent to an activating group) is 1. The third kappa shape index (κ3) is 4.08. The van der Waals surface area contributed by atoms with Crippen LogP contribution in [0.5, 0.6) is 0 Å². The summed E-state index contributed by atoms with van der Waals surface area (Å²) < 4.78 is 0. The molecule has 1 aromatic rings. The Morgan fingerprint density at radius 1 is 1.43 bits per heavy atom. The summed E-state index contributed by atoms with van der Waals surface area (Å²) in [6, 6.07) is 4.97. The Kier molecular flexibility index (Phi) is 6.27. The lowest BCUT2D eigenvalue weighted by molar-refractivity contribution is 0.0687. The van der Waals surface area contributed by atoms with Crippen molar-refractivity contribution in [1.29, 1.82) is 0 Å². The number of hydrogen-bond acceptors (Lipinski definition) is 3. The molecule has 1 fully saturated rings. The molecule has 21 heavy (non-hydrogen) atoms. The molecule has 2 nitrogen and oxygen atoms in total. The molecule has 0 radical (unpaired) electrons. The molecule has 0 saturated heterocycles. The van der Waals surface area contributed by atoms with Gasteiger partial charge in [0.2, 0.25) is 0 Å². The van der Waals surface area contributed by atoms with E-state index < -0.39 is 0 Å². The first-order chi connectivity index (χ1) is 10.1. The number of thiophene rings is 1. The first kappa shape index (κ1) is 17.0. The lowest BCUT2D eigenvalue weighted by Crippen LogP contribution is -2.55. The second kappa shape index (κ2) is 7.75. The highest BCUT2D eigenvalue weighted by Gasteiger charge is 2.37. The number of rotatable bonds is 6. The Labute approximate surface area is 134 Å². The van der Waals surface area contributed by atoms with Crippen molar-refractivity contribution >= 4 is 11.3 Å². The molecule has 1 aliphatic rings. The highest BCUT2D eigenvalue weighted by Crippen LogP contribution is 2.36. The van der Waals surface area contributed by atoms with Gasteiger partial charge in [-0.3, -0.25) is 4.90 Å². The fraction of sp³-hybridized carbons (Fsp3) is 0.778. The summed E-state index contributed by atoms with van der Waals surface area (Å²) in [6.45, 7) is 5.50. The van der Waals surface area contributed by atoms with E-state index >= 15 is 0 Å². The van der Waals surface area contributed by atoms with Gasteiger partial charge in [-0.25, -0.2) is 0 Å². The van der Waals surface area contributed by atoms with E-state index in [0.29, 0.717) is 6.04 Å². The van der Waals surface area contributed by atoms with E-state index in [1.54, 1.807) is 0 Å². The van der Waals surface area contributed by atoms with E-state index in [9.17, 15) is 0 Å². The minimum absolute atomic E-state index is 0.223. The zero-order valence-electron chi connectivity index (χ0n) is 14.0. The minimum Gasteiger partial charge on any atom is -0.329 e. The van der Waals surface area contributed by atoms with Gasteiger partial charge >= 0.3 is 0 Å². The molecule has 0 amide bonds. The SMILES string of the molecule is CCC1CCCC(CN)(N(C)C(C)Cc2cccs2)CC1. The Hall–Kier alpha value is -0.380.